The van der Waals surface area contributed by atoms with Gasteiger partial charge in [-0.05, 0) is 113 Å². The number of carbonyl (C=O) groups excluding carboxylic acids is 9. The lowest BCUT2D eigenvalue weighted by molar-refractivity contribution is -0.144. The average Bonchev–Trinajstić information content (AvgIpc) is 4.20. The molecule has 16 N–H and O–H groups in total. The van der Waals surface area contributed by atoms with Crippen LogP contribution in [0.4, 0.5) is 5.82 Å². The number of carboxylic acids is 3. The number of benzene rings is 1. The van der Waals surface area contributed by atoms with Crippen LogP contribution < -0.4 is 59.5 Å². The van der Waals surface area contributed by atoms with Gasteiger partial charge in [0.25, 0.3) is 5.91 Å². The van der Waals surface area contributed by atoms with Gasteiger partial charge in [0.15, 0.2) is 0 Å². The molecule has 28 heteroatoms. The van der Waals surface area contributed by atoms with Crippen molar-refractivity contribution in [3.8, 4) is 0 Å². The van der Waals surface area contributed by atoms with Crippen molar-refractivity contribution in [3.63, 3.8) is 0 Å². The number of nitrogen functional groups attached to an aromatic ring is 1. The summed E-state index contributed by atoms with van der Waals surface area (Å²) in [4.78, 5) is 163. The first-order valence-electron chi connectivity index (χ1n) is 28.4. The van der Waals surface area contributed by atoms with E-state index < -0.39 is 134 Å². The van der Waals surface area contributed by atoms with E-state index in [4.69, 9.17) is 16.7 Å². The molecule has 1 saturated heterocycles. The number of unbranched alkanes of at least 4 members (excludes halogenated alkanes) is 2. The van der Waals surface area contributed by atoms with Crippen LogP contribution in [-0.2, 0) is 59.2 Å². The molecule has 1 aromatic carbocycles. The van der Waals surface area contributed by atoms with Crippen LogP contribution in [0.1, 0.15) is 140 Å². The van der Waals surface area contributed by atoms with E-state index in [1.165, 1.54) is 11.1 Å². The molecule has 2 heterocycles. The number of carbonyl (C=O) groups is 12. The molecule has 464 valence electrons. The van der Waals surface area contributed by atoms with Crippen molar-refractivity contribution in [1.82, 2.24) is 52.4 Å². The van der Waals surface area contributed by atoms with E-state index in [-0.39, 0.29) is 75.1 Å². The predicted octanol–water partition coefficient (Wildman–Crippen LogP) is -0.0485. The fraction of sp³-hybridized carbons (Fsp3) is 0.589. The number of hydrogen-bond acceptors (Lipinski definition) is 16. The van der Waals surface area contributed by atoms with Crippen LogP contribution in [0.5, 0.6) is 0 Å². The number of nitrogens with one attached hydrogen (secondary N) is 9. The molecule has 0 radical (unpaired) electrons. The molecular formula is C56H85N13O15. The minimum absolute atomic E-state index is 0.0148. The van der Waals surface area contributed by atoms with Crippen molar-refractivity contribution in [2.45, 2.75) is 173 Å². The van der Waals surface area contributed by atoms with Crippen molar-refractivity contribution in [2.24, 2.45) is 23.4 Å². The Bertz CT molecular complexity index is 2540. The summed E-state index contributed by atoms with van der Waals surface area (Å²) in [5, 5.41) is 48.7. The van der Waals surface area contributed by atoms with Gasteiger partial charge in [0.05, 0.1) is 12.1 Å². The van der Waals surface area contributed by atoms with Crippen LogP contribution in [0.3, 0.4) is 0 Å². The zero-order valence-electron chi connectivity index (χ0n) is 48.2. The second kappa shape index (κ2) is 37.0. The predicted molar refractivity (Wildman–Crippen MR) is 306 cm³/mol. The van der Waals surface area contributed by atoms with E-state index in [1.54, 1.807) is 44.2 Å². The maximum Gasteiger partial charge on any atom is 0.326 e. The summed E-state index contributed by atoms with van der Waals surface area (Å²) in [6.07, 6.45) is 2.60. The van der Waals surface area contributed by atoms with Crippen molar-refractivity contribution in [2.75, 3.05) is 31.6 Å². The molecule has 1 fully saturated rings. The van der Waals surface area contributed by atoms with Crippen LogP contribution in [0, 0.1) is 11.8 Å². The zero-order valence-corrected chi connectivity index (χ0v) is 48.2. The second-order valence-electron chi connectivity index (χ2n) is 21.4. The van der Waals surface area contributed by atoms with Gasteiger partial charge in [-0.2, -0.15) is 0 Å². The van der Waals surface area contributed by atoms with E-state index in [1.807, 2.05) is 26.0 Å². The van der Waals surface area contributed by atoms with Crippen molar-refractivity contribution < 1.29 is 72.9 Å². The van der Waals surface area contributed by atoms with Gasteiger partial charge in [0, 0.05) is 38.5 Å². The van der Waals surface area contributed by atoms with E-state index in [0.29, 0.717) is 56.6 Å². The monoisotopic (exact) mass is 1180 g/mol. The van der Waals surface area contributed by atoms with Gasteiger partial charge in [-0.1, -0.05) is 64.4 Å². The third kappa shape index (κ3) is 25.9. The number of carboxylic acid groups (broad SMARTS) is 3. The number of hydrazine groups is 1. The van der Waals surface area contributed by atoms with E-state index in [9.17, 15) is 67.7 Å². The van der Waals surface area contributed by atoms with Crippen LogP contribution in [0.2, 0.25) is 0 Å². The third-order valence-corrected chi connectivity index (χ3v) is 13.6. The number of likely N-dealkylation sites (tertiary alicyclic amines) is 1. The standard InChI is InChI=1S/C56H85N13O15/c1-33(2)29-41(67-55(82)43-16-12-28-69(43)46(71)17-9-6-10-27-59-49(76)36-19-23-44(68-58)60-31-36)50(77)61-32-45(70)62-38(20-18-35-13-7-5-8-14-35)52(79)63-37(15-11-26-57)51(78)66-42(30-34(3)4)54(81)64-39(21-24-47(72)73)53(80)65-40(56(83)84)22-25-48(74)75/h5,7-8,13-14,19,23,31,33-34,37-43H,6,9-12,15-18,20-22,24-30,32,57-58H2,1-4H3,(H,59,76)(H,60,68)(H,61,77)(H,62,70)(H,63,79)(H,64,81)(H,65,80)(H,66,78)(H,67,82)(H,72,73)(H,74,75)(H,83,84)/t37-,38-,39-,40-,41-,42-,43-/m0/s1. The number of anilines is 1. The lowest BCUT2D eigenvalue weighted by atomic mass is 10.0. The maximum atomic E-state index is 14.2. The van der Waals surface area contributed by atoms with Crippen molar-refractivity contribution in [3.05, 3.63) is 59.8 Å². The molecule has 0 bridgehead atoms. The number of aryl methyl sites for hydroxylation is 1. The number of rotatable bonds is 39. The Morgan fingerprint density at radius 2 is 1.17 bits per heavy atom. The molecule has 28 nitrogen and oxygen atoms in total. The Morgan fingerprint density at radius 3 is 1.73 bits per heavy atom. The Morgan fingerprint density at radius 1 is 0.607 bits per heavy atom. The van der Waals surface area contributed by atoms with E-state index >= 15 is 0 Å². The Kier molecular flexibility index (Phi) is 30.9. The molecule has 0 aliphatic carbocycles. The Balaban J connectivity index is 1.70. The molecule has 9 amide bonds. The highest BCUT2D eigenvalue weighted by Gasteiger charge is 2.37. The van der Waals surface area contributed by atoms with Crippen molar-refractivity contribution >= 4 is 76.9 Å². The molecule has 2 aromatic rings. The van der Waals surface area contributed by atoms with Gasteiger partial charge in [0.2, 0.25) is 47.3 Å². The van der Waals surface area contributed by atoms with Gasteiger partial charge in [0.1, 0.15) is 48.1 Å². The summed E-state index contributed by atoms with van der Waals surface area (Å²) in [5.41, 5.74) is 9.39. The Hall–Kier alpha value is -8.27. The lowest BCUT2D eigenvalue weighted by Gasteiger charge is -2.28. The normalized spacial score (nSPS) is 15.0. The van der Waals surface area contributed by atoms with Gasteiger partial charge in [-0.15, -0.1) is 0 Å². The average molecular weight is 1180 g/mol. The van der Waals surface area contributed by atoms with E-state index in [0.717, 1.165) is 5.56 Å². The largest absolute Gasteiger partial charge is 0.481 e. The van der Waals surface area contributed by atoms with Crippen molar-refractivity contribution in [1.29, 1.82) is 0 Å². The van der Waals surface area contributed by atoms with Gasteiger partial charge < -0.3 is 73.9 Å². The molecule has 1 aliphatic rings. The SMILES string of the molecule is CC(C)C[C@H](NC(=O)[C@H](CCCN)NC(=O)[C@H](CCc1ccccc1)NC(=O)CNC(=O)[C@H](CC(C)C)NC(=O)[C@@H]1CCCN1C(=O)CCCCCNC(=O)c1ccc(NN)nc1)C(=O)N[C@@H](CCC(=O)O)C(=O)N[C@@H](CCC(=O)O)C(=O)O. The summed E-state index contributed by atoms with van der Waals surface area (Å²) >= 11 is 0. The zero-order chi connectivity index (χ0) is 62.3. The number of amides is 9. The highest BCUT2D eigenvalue weighted by Crippen LogP contribution is 2.21. The summed E-state index contributed by atoms with van der Waals surface area (Å²) in [6.45, 7) is 7.34. The summed E-state index contributed by atoms with van der Waals surface area (Å²) < 4.78 is 0. The summed E-state index contributed by atoms with van der Waals surface area (Å²) in [5.74, 6) is -5.11. The lowest BCUT2D eigenvalue weighted by Crippen LogP contribution is -2.59. The smallest absolute Gasteiger partial charge is 0.326 e. The first kappa shape index (κ1) is 70.0. The molecular weight excluding hydrogens is 1090 g/mol. The second-order valence-corrected chi connectivity index (χ2v) is 21.4. The number of pyridine rings is 1. The third-order valence-electron chi connectivity index (χ3n) is 13.6. The summed E-state index contributed by atoms with van der Waals surface area (Å²) in [6, 6.07) is 2.87. The molecule has 1 aliphatic heterocycles. The number of nitrogens with zero attached hydrogens (tertiary/aromatic N) is 2. The molecule has 0 saturated carbocycles. The molecule has 3 rings (SSSR count). The van der Waals surface area contributed by atoms with Crippen LogP contribution in [0.25, 0.3) is 0 Å². The van der Waals surface area contributed by atoms with Gasteiger partial charge >= 0.3 is 17.9 Å². The fourth-order valence-electron chi connectivity index (χ4n) is 9.15. The fourth-order valence-corrected chi connectivity index (χ4v) is 9.15. The minimum atomic E-state index is -1.69. The van der Waals surface area contributed by atoms with Crippen LogP contribution in [0.15, 0.2) is 48.7 Å². The minimum Gasteiger partial charge on any atom is -0.481 e. The van der Waals surface area contributed by atoms with Crippen LogP contribution in [-0.4, -0.2) is 165 Å². The van der Waals surface area contributed by atoms with Gasteiger partial charge in [-0.25, -0.2) is 15.6 Å². The highest BCUT2D eigenvalue weighted by atomic mass is 16.4. The number of aliphatic carboxylic acids is 3. The summed E-state index contributed by atoms with van der Waals surface area (Å²) in [7, 11) is 0. The quantitative estimate of drug-likeness (QED) is 0.0237. The number of nitrogens with two attached hydrogens (primary N) is 2. The number of aromatic nitrogens is 1. The Labute approximate surface area is 488 Å². The number of hydrogen-bond donors (Lipinski definition) is 14. The topological polar surface area (TPSA) is 442 Å². The maximum absolute atomic E-state index is 14.2. The first-order valence-corrected chi connectivity index (χ1v) is 28.4. The molecule has 84 heavy (non-hydrogen) atoms. The van der Waals surface area contributed by atoms with E-state index in [2.05, 4.69) is 52.9 Å². The van der Waals surface area contributed by atoms with Gasteiger partial charge in [-0.3, -0.25) is 52.7 Å². The highest BCUT2D eigenvalue weighted by molar-refractivity contribution is 5.98. The van der Waals surface area contributed by atoms with Crippen LogP contribution >= 0.6 is 0 Å². The molecule has 7 atom stereocenters. The first-order chi connectivity index (χ1) is 39.9. The molecule has 0 spiro atoms. The molecule has 0 unspecified atom stereocenters. The molecule has 1 aromatic heterocycles.